The summed E-state index contributed by atoms with van der Waals surface area (Å²) in [6, 6.07) is 20.9. The molecule has 3 aromatic rings. The number of rotatable bonds is 6. The number of fused-ring (bicyclic) bond motifs is 2. The Labute approximate surface area is 214 Å². The van der Waals surface area contributed by atoms with Gasteiger partial charge in [0, 0.05) is 12.7 Å². The minimum absolute atomic E-state index is 0.263. The first-order chi connectivity index (χ1) is 18.0. The Kier molecular flexibility index (Phi) is 5.73. The summed E-state index contributed by atoms with van der Waals surface area (Å²) >= 11 is 0. The fraction of sp³-hybridized carbons (Fsp3) is 0.345. The van der Waals surface area contributed by atoms with Gasteiger partial charge in [-0.15, -0.1) is 0 Å². The number of aliphatic hydroxyl groups excluding tert-OH is 1. The zero-order valence-corrected chi connectivity index (χ0v) is 20.5. The average molecular weight is 500 g/mol. The van der Waals surface area contributed by atoms with Crippen LogP contribution in [0.1, 0.15) is 24.4 Å². The molecule has 1 spiro atoms. The maximum Gasteiger partial charge on any atom is 0.250 e. The SMILES string of the molecule is CNC(=O)[C@@H]1[C@@H]2CCC3(O2)C(C(=O)Nc2ccc4ccccc4c2)N([C@H](CO)c2ccccc2)C(=O)[C@H]13. The number of benzene rings is 3. The molecule has 3 N–H and O–H groups in total. The first-order valence-electron chi connectivity index (χ1n) is 12.7. The van der Waals surface area contributed by atoms with Gasteiger partial charge in [0.1, 0.15) is 11.6 Å². The third-order valence-corrected chi connectivity index (χ3v) is 8.25. The largest absolute Gasteiger partial charge is 0.394 e. The molecule has 0 aliphatic carbocycles. The first kappa shape index (κ1) is 23.6. The predicted molar refractivity (Wildman–Crippen MR) is 137 cm³/mol. The summed E-state index contributed by atoms with van der Waals surface area (Å²) in [5.74, 6) is -2.46. The molecule has 8 nitrogen and oxygen atoms in total. The number of likely N-dealkylation sites (tertiary alicyclic amines) is 1. The molecule has 3 aliphatic rings. The minimum atomic E-state index is -1.14. The third-order valence-electron chi connectivity index (χ3n) is 8.25. The second-order valence-corrected chi connectivity index (χ2v) is 10.1. The molecular formula is C29H29N3O5. The molecule has 3 amide bonds. The molecule has 3 aromatic carbocycles. The van der Waals surface area contributed by atoms with Crippen LogP contribution in [0.4, 0.5) is 5.69 Å². The van der Waals surface area contributed by atoms with Crippen LogP contribution in [0.5, 0.6) is 0 Å². The lowest BCUT2D eigenvalue weighted by Gasteiger charge is -2.36. The molecule has 3 aliphatic heterocycles. The van der Waals surface area contributed by atoms with Crippen molar-refractivity contribution in [3.05, 3.63) is 78.4 Å². The topological polar surface area (TPSA) is 108 Å². The number of ether oxygens (including phenoxy) is 1. The smallest absolute Gasteiger partial charge is 0.250 e. The van der Waals surface area contributed by atoms with Gasteiger partial charge in [0.05, 0.1) is 30.6 Å². The second-order valence-electron chi connectivity index (χ2n) is 10.1. The van der Waals surface area contributed by atoms with Gasteiger partial charge in [-0.3, -0.25) is 14.4 Å². The zero-order valence-electron chi connectivity index (χ0n) is 20.5. The fourth-order valence-corrected chi connectivity index (χ4v) is 6.70. The number of carbonyl (C=O) groups is 3. The Bertz CT molecular complexity index is 1380. The van der Waals surface area contributed by atoms with Crippen LogP contribution in [0.15, 0.2) is 72.8 Å². The van der Waals surface area contributed by atoms with Crippen LogP contribution in [-0.4, -0.2) is 59.1 Å². The van der Waals surface area contributed by atoms with Gasteiger partial charge in [-0.25, -0.2) is 0 Å². The number of aliphatic hydroxyl groups is 1. The van der Waals surface area contributed by atoms with E-state index in [1.54, 1.807) is 7.05 Å². The summed E-state index contributed by atoms with van der Waals surface area (Å²) in [5, 5.41) is 18.2. The van der Waals surface area contributed by atoms with Crippen LogP contribution in [-0.2, 0) is 19.1 Å². The quantitative estimate of drug-likeness (QED) is 0.483. The maximum absolute atomic E-state index is 14.1. The van der Waals surface area contributed by atoms with E-state index in [1.165, 1.54) is 4.90 Å². The summed E-state index contributed by atoms with van der Waals surface area (Å²) < 4.78 is 6.43. The van der Waals surface area contributed by atoms with Crippen LogP contribution in [0.3, 0.4) is 0 Å². The highest BCUT2D eigenvalue weighted by atomic mass is 16.5. The van der Waals surface area contributed by atoms with Crippen LogP contribution in [0.25, 0.3) is 10.8 Å². The van der Waals surface area contributed by atoms with Gasteiger partial charge in [0.15, 0.2) is 0 Å². The second kappa shape index (κ2) is 8.97. The van der Waals surface area contributed by atoms with Crippen LogP contribution in [0, 0.1) is 11.8 Å². The Morgan fingerprint density at radius 1 is 1.05 bits per heavy atom. The molecule has 8 heteroatoms. The van der Waals surface area contributed by atoms with E-state index in [2.05, 4.69) is 10.6 Å². The molecule has 37 heavy (non-hydrogen) atoms. The molecule has 2 bridgehead atoms. The molecule has 3 fully saturated rings. The van der Waals surface area contributed by atoms with Crippen molar-refractivity contribution in [2.75, 3.05) is 19.0 Å². The van der Waals surface area contributed by atoms with Gasteiger partial charge in [-0.05, 0) is 41.3 Å². The van der Waals surface area contributed by atoms with E-state index in [4.69, 9.17) is 4.74 Å². The monoisotopic (exact) mass is 499 g/mol. The molecule has 0 radical (unpaired) electrons. The van der Waals surface area contributed by atoms with E-state index < -0.39 is 41.5 Å². The molecule has 6 atom stereocenters. The lowest BCUT2D eigenvalue weighted by molar-refractivity contribution is -0.144. The lowest BCUT2D eigenvalue weighted by Crippen LogP contribution is -2.54. The van der Waals surface area contributed by atoms with Gasteiger partial charge in [-0.2, -0.15) is 0 Å². The normalized spacial score (nSPS) is 28.8. The van der Waals surface area contributed by atoms with Crippen molar-refractivity contribution in [3.8, 4) is 0 Å². The number of nitrogens with zero attached hydrogens (tertiary/aromatic N) is 1. The van der Waals surface area contributed by atoms with Crippen molar-refractivity contribution in [2.24, 2.45) is 11.8 Å². The molecule has 3 saturated heterocycles. The van der Waals surface area contributed by atoms with Crippen molar-refractivity contribution in [1.29, 1.82) is 0 Å². The maximum atomic E-state index is 14.1. The highest BCUT2D eigenvalue weighted by Crippen LogP contribution is 2.59. The zero-order chi connectivity index (χ0) is 25.7. The van der Waals surface area contributed by atoms with Crippen molar-refractivity contribution < 1.29 is 24.2 Å². The molecule has 0 saturated carbocycles. The molecule has 2 unspecified atom stereocenters. The Hall–Kier alpha value is -3.75. The number of hydrogen-bond acceptors (Lipinski definition) is 5. The van der Waals surface area contributed by atoms with Crippen molar-refractivity contribution in [1.82, 2.24) is 10.2 Å². The third kappa shape index (κ3) is 3.54. The Morgan fingerprint density at radius 2 is 1.78 bits per heavy atom. The van der Waals surface area contributed by atoms with Gasteiger partial charge in [-0.1, -0.05) is 60.7 Å². The first-order valence-corrected chi connectivity index (χ1v) is 12.7. The van der Waals surface area contributed by atoms with E-state index in [0.29, 0.717) is 24.1 Å². The number of nitrogens with one attached hydrogen (secondary N) is 2. The van der Waals surface area contributed by atoms with E-state index in [-0.39, 0.29) is 18.4 Å². The van der Waals surface area contributed by atoms with Crippen LogP contribution >= 0.6 is 0 Å². The van der Waals surface area contributed by atoms with E-state index >= 15 is 0 Å². The van der Waals surface area contributed by atoms with Gasteiger partial charge in [0.25, 0.3) is 0 Å². The summed E-state index contributed by atoms with van der Waals surface area (Å²) in [6.07, 6.45) is 0.655. The van der Waals surface area contributed by atoms with Crippen molar-refractivity contribution in [2.45, 2.75) is 36.6 Å². The lowest BCUT2D eigenvalue weighted by atomic mass is 9.70. The van der Waals surface area contributed by atoms with Gasteiger partial charge < -0.3 is 25.4 Å². The number of hydrogen-bond donors (Lipinski definition) is 3. The van der Waals surface area contributed by atoms with Crippen molar-refractivity contribution >= 4 is 34.2 Å². The van der Waals surface area contributed by atoms with E-state index in [1.807, 2.05) is 72.8 Å². The molecule has 3 heterocycles. The molecular weight excluding hydrogens is 470 g/mol. The summed E-state index contributed by atoms with van der Waals surface area (Å²) in [5.41, 5.74) is 0.179. The summed E-state index contributed by atoms with van der Waals surface area (Å²) in [4.78, 5) is 42.5. The summed E-state index contributed by atoms with van der Waals surface area (Å²) in [6.45, 7) is -0.369. The highest BCUT2D eigenvalue weighted by molar-refractivity contribution is 6.04. The standard InChI is InChI=1S/C29H29N3O5/c1-30-26(34)23-22-13-14-29(37-22)24(23)28(36)32(21(16-33)18-8-3-2-4-9-18)25(29)27(35)31-20-12-11-17-7-5-6-10-19(17)15-20/h2-12,15,21-25,33H,13-14,16H2,1H3,(H,30,34)(H,31,35)/t21-,22+,23-,24+,25?,29?/m1/s1. The highest BCUT2D eigenvalue weighted by Gasteiger charge is 2.75. The molecule has 6 rings (SSSR count). The van der Waals surface area contributed by atoms with Gasteiger partial charge in [0.2, 0.25) is 17.7 Å². The van der Waals surface area contributed by atoms with Crippen molar-refractivity contribution in [3.63, 3.8) is 0 Å². The molecule has 190 valence electrons. The number of amides is 3. The molecule has 0 aromatic heterocycles. The average Bonchev–Trinajstić information content (AvgIpc) is 3.57. The van der Waals surface area contributed by atoms with E-state index in [9.17, 15) is 19.5 Å². The Balaban J connectivity index is 1.42. The predicted octanol–water partition coefficient (Wildman–Crippen LogP) is 2.63. The van der Waals surface area contributed by atoms with E-state index in [0.717, 1.165) is 10.8 Å². The minimum Gasteiger partial charge on any atom is -0.394 e. The number of anilines is 1. The Morgan fingerprint density at radius 3 is 2.51 bits per heavy atom. The summed E-state index contributed by atoms with van der Waals surface area (Å²) in [7, 11) is 1.54. The van der Waals surface area contributed by atoms with Gasteiger partial charge >= 0.3 is 0 Å². The fourth-order valence-electron chi connectivity index (χ4n) is 6.70. The van der Waals surface area contributed by atoms with Crippen LogP contribution in [0.2, 0.25) is 0 Å². The number of carbonyl (C=O) groups excluding carboxylic acids is 3. The van der Waals surface area contributed by atoms with Crippen LogP contribution < -0.4 is 10.6 Å².